The molecule has 0 amide bonds. The molecule has 0 aromatic carbocycles. The van der Waals surface area contributed by atoms with E-state index < -0.39 is 6.10 Å². The highest BCUT2D eigenvalue weighted by Crippen LogP contribution is 2.03. The van der Waals surface area contributed by atoms with Crippen LogP contribution in [0.1, 0.15) is 0 Å². The summed E-state index contributed by atoms with van der Waals surface area (Å²) in [5.41, 5.74) is 0. The summed E-state index contributed by atoms with van der Waals surface area (Å²) < 4.78 is 10.1. The quantitative estimate of drug-likeness (QED) is 0.547. The highest BCUT2D eigenvalue weighted by molar-refractivity contribution is 4.96. The van der Waals surface area contributed by atoms with Crippen LogP contribution in [0.3, 0.4) is 0 Å². The third-order valence-corrected chi connectivity index (χ3v) is 2.69. The summed E-state index contributed by atoms with van der Waals surface area (Å²) in [6.07, 6.45) is -0.555. The first-order chi connectivity index (χ1) is 8.27. The van der Waals surface area contributed by atoms with Crippen LogP contribution in [0.4, 0.5) is 0 Å². The van der Waals surface area contributed by atoms with Crippen molar-refractivity contribution in [2.45, 2.75) is 12.1 Å². The van der Waals surface area contributed by atoms with Gasteiger partial charge in [-0.05, 0) is 0 Å². The number of nitrogens with one attached hydrogen (secondary N) is 1. The van der Waals surface area contributed by atoms with Crippen molar-refractivity contribution in [2.75, 3.05) is 53.1 Å². The van der Waals surface area contributed by atoms with Gasteiger partial charge in [-0.3, -0.25) is 4.90 Å². The van der Waals surface area contributed by atoms with Crippen molar-refractivity contribution in [3.8, 4) is 6.07 Å². The number of piperazine rings is 1. The molecule has 2 unspecified atom stereocenters. The molecule has 0 aliphatic carbocycles. The molecule has 0 aromatic rings. The first-order valence-electron chi connectivity index (χ1n) is 5.87. The Kier molecular flexibility index (Phi) is 7.08. The minimum absolute atomic E-state index is 0.155. The molecule has 1 rings (SSSR count). The van der Waals surface area contributed by atoms with Gasteiger partial charge in [-0.15, -0.1) is 0 Å². The van der Waals surface area contributed by atoms with Crippen molar-refractivity contribution in [1.29, 1.82) is 5.26 Å². The molecule has 0 bridgehead atoms. The summed E-state index contributed by atoms with van der Waals surface area (Å²) in [6, 6.07) is 2.07. The topological polar surface area (TPSA) is 77.8 Å². The van der Waals surface area contributed by atoms with Crippen LogP contribution in [-0.2, 0) is 9.47 Å². The lowest BCUT2D eigenvalue weighted by Crippen LogP contribution is -2.53. The van der Waals surface area contributed by atoms with Gasteiger partial charge >= 0.3 is 0 Å². The third-order valence-electron chi connectivity index (χ3n) is 2.69. The number of aliphatic hydroxyl groups is 1. The number of hydrogen-bond donors (Lipinski definition) is 2. The summed E-state index contributed by atoms with van der Waals surface area (Å²) in [6.45, 7) is 4.08. The molecule has 6 nitrogen and oxygen atoms in total. The van der Waals surface area contributed by atoms with Crippen molar-refractivity contribution in [2.24, 2.45) is 0 Å². The second kappa shape index (κ2) is 8.39. The molecule has 0 aromatic heterocycles. The summed E-state index contributed by atoms with van der Waals surface area (Å²) in [5, 5.41) is 21.9. The van der Waals surface area contributed by atoms with Gasteiger partial charge < -0.3 is 19.9 Å². The van der Waals surface area contributed by atoms with Crippen LogP contribution in [-0.4, -0.2) is 75.3 Å². The predicted octanol–water partition coefficient (Wildman–Crippen LogP) is -1.19. The number of hydrogen-bond acceptors (Lipinski definition) is 6. The van der Waals surface area contributed by atoms with Crippen molar-refractivity contribution < 1.29 is 14.6 Å². The van der Waals surface area contributed by atoms with Gasteiger partial charge in [0.05, 0.1) is 32.0 Å². The number of β-amino-alcohol motifs (C(OH)–C–C–N with tert-alkyl or cyclic N) is 1. The maximum atomic E-state index is 9.78. The molecular formula is C11H21N3O3. The minimum Gasteiger partial charge on any atom is -0.389 e. The van der Waals surface area contributed by atoms with E-state index in [2.05, 4.69) is 11.4 Å². The number of ether oxygens (including phenoxy) is 2. The van der Waals surface area contributed by atoms with E-state index in [0.29, 0.717) is 26.3 Å². The maximum absolute atomic E-state index is 9.78. The smallest absolute Gasteiger partial charge is 0.110 e. The Morgan fingerprint density at radius 3 is 3.12 bits per heavy atom. The molecule has 1 fully saturated rings. The predicted molar refractivity (Wildman–Crippen MR) is 62.5 cm³/mol. The molecule has 6 heteroatoms. The average Bonchev–Trinajstić information content (AvgIpc) is 2.35. The lowest BCUT2D eigenvalue weighted by atomic mass is 10.2. The fourth-order valence-electron chi connectivity index (χ4n) is 1.78. The largest absolute Gasteiger partial charge is 0.389 e. The van der Waals surface area contributed by atoms with Crippen molar-refractivity contribution >= 4 is 0 Å². The number of nitrogens with zero attached hydrogens (tertiary/aromatic N) is 2. The van der Waals surface area contributed by atoms with Gasteiger partial charge in [0, 0.05) is 33.3 Å². The second-order valence-corrected chi connectivity index (χ2v) is 4.07. The Hall–Kier alpha value is -0.710. The Bertz CT molecular complexity index is 245. The minimum atomic E-state index is -0.555. The molecule has 17 heavy (non-hydrogen) atoms. The molecule has 2 atom stereocenters. The van der Waals surface area contributed by atoms with Crippen molar-refractivity contribution in [1.82, 2.24) is 10.2 Å². The first-order valence-corrected chi connectivity index (χ1v) is 5.87. The van der Waals surface area contributed by atoms with E-state index in [0.717, 1.165) is 13.1 Å². The summed E-state index contributed by atoms with van der Waals surface area (Å²) in [4.78, 5) is 1.99. The number of aliphatic hydroxyl groups excluding tert-OH is 1. The van der Waals surface area contributed by atoms with Crippen LogP contribution in [0.2, 0.25) is 0 Å². The highest BCUT2D eigenvalue weighted by atomic mass is 16.5. The fourth-order valence-corrected chi connectivity index (χ4v) is 1.78. The monoisotopic (exact) mass is 243 g/mol. The molecule has 0 spiro atoms. The van der Waals surface area contributed by atoms with Gasteiger partial charge in [0.15, 0.2) is 0 Å². The van der Waals surface area contributed by atoms with Crippen LogP contribution >= 0.6 is 0 Å². The Morgan fingerprint density at radius 1 is 1.59 bits per heavy atom. The van der Waals surface area contributed by atoms with E-state index >= 15 is 0 Å². The Labute approximate surface area is 102 Å². The average molecular weight is 243 g/mol. The molecule has 0 radical (unpaired) electrons. The Morgan fingerprint density at radius 2 is 2.41 bits per heavy atom. The second-order valence-electron chi connectivity index (χ2n) is 4.07. The van der Waals surface area contributed by atoms with Gasteiger partial charge in [-0.25, -0.2) is 0 Å². The summed E-state index contributed by atoms with van der Waals surface area (Å²) >= 11 is 0. The highest BCUT2D eigenvalue weighted by Gasteiger charge is 2.23. The van der Waals surface area contributed by atoms with E-state index in [1.807, 2.05) is 4.90 Å². The number of methoxy groups -OCH3 is 1. The van der Waals surface area contributed by atoms with E-state index in [-0.39, 0.29) is 12.6 Å². The molecule has 1 aliphatic heterocycles. The van der Waals surface area contributed by atoms with E-state index in [1.165, 1.54) is 0 Å². The molecule has 1 saturated heterocycles. The molecule has 1 aliphatic rings. The Balaban J connectivity index is 2.19. The van der Waals surface area contributed by atoms with E-state index in [9.17, 15) is 5.11 Å². The normalized spacial score (nSPS) is 23.2. The van der Waals surface area contributed by atoms with Crippen LogP contribution in [0.25, 0.3) is 0 Å². The zero-order valence-corrected chi connectivity index (χ0v) is 10.3. The molecular weight excluding hydrogens is 222 g/mol. The summed E-state index contributed by atoms with van der Waals surface area (Å²) in [5.74, 6) is 0. The van der Waals surface area contributed by atoms with Crippen LogP contribution in [0.5, 0.6) is 0 Å². The van der Waals surface area contributed by atoms with Crippen LogP contribution < -0.4 is 5.32 Å². The van der Waals surface area contributed by atoms with E-state index in [1.54, 1.807) is 7.11 Å². The molecule has 1 heterocycles. The zero-order valence-electron chi connectivity index (χ0n) is 10.3. The first kappa shape index (κ1) is 14.4. The van der Waals surface area contributed by atoms with Crippen molar-refractivity contribution in [3.63, 3.8) is 0 Å². The number of rotatable bonds is 7. The lowest BCUT2D eigenvalue weighted by molar-refractivity contribution is -0.00542. The lowest BCUT2D eigenvalue weighted by Gasteiger charge is -2.33. The fraction of sp³-hybridized carbons (Fsp3) is 0.909. The van der Waals surface area contributed by atoms with Crippen LogP contribution in [0.15, 0.2) is 0 Å². The van der Waals surface area contributed by atoms with Gasteiger partial charge in [0.1, 0.15) is 6.04 Å². The summed E-state index contributed by atoms with van der Waals surface area (Å²) in [7, 11) is 1.61. The zero-order chi connectivity index (χ0) is 12.5. The van der Waals surface area contributed by atoms with Crippen LogP contribution in [0, 0.1) is 11.3 Å². The number of nitriles is 1. The van der Waals surface area contributed by atoms with Gasteiger partial charge in [-0.1, -0.05) is 0 Å². The standard InChI is InChI=1S/C11H21N3O3/c1-16-4-5-17-9-11(15)8-14-3-2-13-7-10(14)6-12/h10-11,13,15H,2-5,7-9H2,1H3. The molecule has 2 N–H and O–H groups in total. The van der Waals surface area contributed by atoms with Gasteiger partial charge in [0.2, 0.25) is 0 Å². The third kappa shape index (κ3) is 5.44. The van der Waals surface area contributed by atoms with Crippen molar-refractivity contribution in [3.05, 3.63) is 0 Å². The van der Waals surface area contributed by atoms with E-state index in [4.69, 9.17) is 14.7 Å². The maximum Gasteiger partial charge on any atom is 0.110 e. The van der Waals surface area contributed by atoms with Gasteiger partial charge in [-0.2, -0.15) is 5.26 Å². The molecule has 98 valence electrons. The SMILES string of the molecule is COCCOCC(O)CN1CCNCC1C#N. The van der Waals surface area contributed by atoms with Gasteiger partial charge in [0.25, 0.3) is 0 Å². The molecule has 0 saturated carbocycles.